The highest BCUT2D eigenvalue weighted by Gasteiger charge is 2.45. The minimum Gasteiger partial charge on any atom is -0.394 e. The van der Waals surface area contributed by atoms with Crippen molar-refractivity contribution in [2.75, 3.05) is 6.61 Å². The summed E-state index contributed by atoms with van der Waals surface area (Å²) >= 11 is 0. The molecule has 0 aliphatic carbocycles. The number of aliphatic hydroxyl groups excluding tert-OH is 3. The van der Waals surface area contributed by atoms with Gasteiger partial charge in [-0.25, -0.2) is 4.39 Å². The highest BCUT2D eigenvalue weighted by Crippen LogP contribution is 2.24. The quantitative estimate of drug-likeness (QED) is 0.718. The molecule has 1 heterocycles. The van der Waals surface area contributed by atoms with Gasteiger partial charge in [0.1, 0.15) is 18.3 Å². The zero-order valence-electron chi connectivity index (χ0n) is 10.2. The van der Waals surface area contributed by atoms with Crippen LogP contribution in [0, 0.1) is 0 Å². The van der Waals surface area contributed by atoms with Gasteiger partial charge < -0.3 is 24.8 Å². The van der Waals surface area contributed by atoms with E-state index in [0.29, 0.717) is 0 Å². The third-order valence-electron chi connectivity index (χ3n) is 3.06. The molecule has 1 fully saturated rings. The SMILES string of the molecule is OC[C@H]1O[C@H](OCc2ccccc2)[C@H](O)[C@@H](F)[C@@H]1O. The molecule has 0 unspecified atom stereocenters. The molecule has 1 aromatic carbocycles. The predicted octanol–water partition coefficient (Wildman–Crippen LogP) is -0.0197. The molecule has 19 heavy (non-hydrogen) atoms. The smallest absolute Gasteiger partial charge is 0.187 e. The van der Waals surface area contributed by atoms with Crippen LogP contribution >= 0.6 is 0 Å². The van der Waals surface area contributed by atoms with E-state index < -0.39 is 37.4 Å². The molecular formula is C13H17FO5. The maximum absolute atomic E-state index is 13.6. The fraction of sp³-hybridized carbons (Fsp3) is 0.538. The summed E-state index contributed by atoms with van der Waals surface area (Å²) in [6, 6.07) is 9.15. The molecule has 0 bridgehead atoms. The van der Waals surface area contributed by atoms with E-state index in [1.54, 1.807) is 0 Å². The van der Waals surface area contributed by atoms with E-state index in [0.717, 1.165) is 5.56 Å². The zero-order valence-corrected chi connectivity index (χ0v) is 10.2. The molecule has 2 rings (SSSR count). The van der Waals surface area contributed by atoms with Crippen LogP contribution in [0.25, 0.3) is 0 Å². The lowest BCUT2D eigenvalue weighted by atomic mass is 10.0. The third kappa shape index (κ3) is 3.29. The summed E-state index contributed by atoms with van der Waals surface area (Å²) in [5.41, 5.74) is 0.848. The summed E-state index contributed by atoms with van der Waals surface area (Å²) < 4.78 is 24.1. The Hall–Kier alpha value is -1.05. The first-order chi connectivity index (χ1) is 9.13. The molecule has 1 aliphatic rings. The van der Waals surface area contributed by atoms with Crippen LogP contribution < -0.4 is 0 Å². The van der Waals surface area contributed by atoms with E-state index in [4.69, 9.17) is 14.6 Å². The summed E-state index contributed by atoms with van der Waals surface area (Å²) in [5.74, 6) is 0. The van der Waals surface area contributed by atoms with Crippen LogP contribution in [0.3, 0.4) is 0 Å². The number of hydrogen-bond acceptors (Lipinski definition) is 5. The van der Waals surface area contributed by atoms with Crippen molar-refractivity contribution < 1.29 is 29.2 Å². The second-order valence-corrected chi connectivity index (χ2v) is 4.45. The van der Waals surface area contributed by atoms with Crippen molar-refractivity contribution in [1.29, 1.82) is 0 Å². The van der Waals surface area contributed by atoms with Gasteiger partial charge in [0.25, 0.3) is 0 Å². The Morgan fingerprint density at radius 1 is 1.16 bits per heavy atom. The van der Waals surface area contributed by atoms with Crippen LogP contribution in [0.4, 0.5) is 4.39 Å². The molecule has 1 aromatic rings. The lowest BCUT2D eigenvalue weighted by Gasteiger charge is -2.38. The number of halogens is 1. The number of aliphatic hydroxyl groups is 3. The molecular weight excluding hydrogens is 255 g/mol. The van der Waals surface area contributed by atoms with Gasteiger partial charge in [-0.05, 0) is 5.56 Å². The largest absolute Gasteiger partial charge is 0.394 e. The fourth-order valence-electron chi connectivity index (χ4n) is 1.93. The Morgan fingerprint density at radius 2 is 1.84 bits per heavy atom. The van der Waals surface area contributed by atoms with E-state index in [-0.39, 0.29) is 6.61 Å². The van der Waals surface area contributed by atoms with Gasteiger partial charge in [-0.1, -0.05) is 30.3 Å². The maximum atomic E-state index is 13.6. The molecule has 0 aromatic heterocycles. The normalized spacial score (nSPS) is 35.3. The third-order valence-corrected chi connectivity index (χ3v) is 3.06. The molecule has 1 saturated heterocycles. The molecule has 6 heteroatoms. The number of alkyl halides is 1. The molecule has 0 radical (unpaired) electrons. The summed E-state index contributed by atoms with van der Waals surface area (Å²) in [6.07, 6.45) is -7.36. The molecule has 3 N–H and O–H groups in total. The number of ether oxygens (including phenoxy) is 2. The summed E-state index contributed by atoms with van der Waals surface area (Å²) in [7, 11) is 0. The first-order valence-electron chi connectivity index (χ1n) is 6.05. The van der Waals surface area contributed by atoms with Crippen LogP contribution in [0.1, 0.15) is 5.56 Å². The first-order valence-corrected chi connectivity index (χ1v) is 6.05. The molecule has 0 saturated carbocycles. The van der Waals surface area contributed by atoms with Crippen LogP contribution in [-0.2, 0) is 16.1 Å². The summed E-state index contributed by atoms with van der Waals surface area (Å²) in [5, 5.41) is 28.0. The van der Waals surface area contributed by atoms with Gasteiger partial charge in [0.2, 0.25) is 0 Å². The van der Waals surface area contributed by atoms with Gasteiger partial charge in [-0.3, -0.25) is 0 Å². The van der Waals surface area contributed by atoms with Gasteiger partial charge in [-0.2, -0.15) is 0 Å². The first kappa shape index (κ1) is 14.4. The van der Waals surface area contributed by atoms with Crippen molar-refractivity contribution in [3.8, 4) is 0 Å². The van der Waals surface area contributed by atoms with Crippen molar-refractivity contribution in [1.82, 2.24) is 0 Å². The fourth-order valence-corrected chi connectivity index (χ4v) is 1.93. The van der Waals surface area contributed by atoms with Crippen molar-refractivity contribution in [2.24, 2.45) is 0 Å². The van der Waals surface area contributed by atoms with Gasteiger partial charge in [-0.15, -0.1) is 0 Å². The Morgan fingerprint density at radius 3 is 2.47 bits per heavy atom. The summed E-state index contributed by atoms with van der Waals surface area (Å²) in [4.78, 5) is 0. The number of rotatable bonds is 4. The van der Waals surface area contributed by atoms with Gasteiger partial charge in [0.15, 0.2) is 12.5 Å². The molecule has 5 atom stereocenters. The molecule has 106 valence electrons. The van der Waals surface area contributed by atoms with E-state index in [9.17, 15) is 14.6 Å². The van der Waals surface area contributed by atoms with E-state index in [1.165, 1.54) is 0 Å². The minimum atomic E-state index is -1.91. The van der Waals surface area contributed by atoms with Crippen molar-refractivity contribution in [2.45, 2.75) is 37.4 Å². The van der Waals surface area contributed by atoms with E-state index in [2.05, 4.69) is 0 Å². The Balaban J connectivity index is 1.95. The highest BCUT2D eigenvalue weighted by molar-refractivity contribution is 5.13. The Labute approximate surface area is 110 Å². The van der Waals surface area contributed by atoms with Crippen molar-refractivity contribution in [3.05, 3.63) is 35.9 Å². The van der Waals surface area contributed by atoms with Crippen LogP contribution in [0.5, 0.6) is 0 Å². The Bertz CT molecular complexity index is 386. The number of hydrogen-bond donors (Lipinski definition) is 3. The van der Waals surface area contributed by atoms with Crippen LogP contribution in [-0.4, -0.2) is 52.7 Å². The molecule has 1 aliphatic heterocycles. The predicted molar refractivity (Wildman–Crippen MR) is 63.9 cm³/mol. The molecule has 0 spiro atoms. The Kier molecular flexibility index (Phi) is 4.84. The average Bonchev–Trinajstić information content (AvgIpc) is 2.45. The van der Waals surface area contributed by atoms with Gasteiger partial charge >= 0.3 is 0 Å². The second kappa shape index (κ2) is 6.40. The van der Waals surface area contributed by atoms with Gasteiger partial charge in [0, 0.05) is 0 Å². The van der Waals surface area contributed by atoms with Gasteiger partial charge in [0.05, 0.1) is 13.2 Å². The summed E-state index contributed by atoms with van der Waals surface area (Å²) in [6.45, 7) is -0.400. The zero-order chi connectivity index (χ0) is 13.8. The highest BCUT2D eigenvalue weighted by atomic mass is 19.1. The van der Waals surface area contributed by atoms with Crippen molar-refractivity contribution >= 4 is 0 Å². The lowest BCUT2D eigenvalue weighted by molar-refractivity contribution is -0.293. The number of benzene rings is 1. The van der Waals surface area contributed by atoms with E-state index in [1.807, 2.05) is 30.3 Å². The molecule has 0 amide bonds. The van der Waals surface area contributed by atoms with E-state index >= 15 is 0 Å². The standard InChI is InChI=1S/C13H17FO5/c14-10-11(16)9(6-15)19-13(12(10)17)18-7-8-4-2-1-3-5-8/h1-5,9-13,15-17H,6-7H2/t9-,10+,11-,12-,13+/m1/s1. The lowest BCUT2D eigenvalue weighted by Crippen LogP contribution is -2.57. The van der Waals surface area contributed by atoms with Crippen LogP contribution in [0.15, 0.2) is 30.3 Å². The van der Waals surface area contributed by atoms with Crippen LogP contribution in [0.2, 0.25) is 0 Å². The maximum Gasteiger partial charge on any atom is 0.187 e. The molecule has 5 nitrogen and oxygen atoms in total. The topological polar surface area (TPSA) is 79.2 Å². The monoisotopic (exact) mass is 272 g/mol. The average molecular weight is 272 g/mol. The second-order valence-electron chi connectivity index (χ2n) is 4.45. The van der Waals surface area contributed by atoms with Crippen molar-refractivity contribution in [3.63, 3.8) is 0 Å². The minimum absolute atomic E-state index is 0.142.